The lowest BCUT2D eigenvalue weighted by atomic mass is 10.0. The van der Waals surface area contributed by atoms with E-state index < -0.39 is 0 Å². The van der Waals surface area contributed by atoms with Gasteiger partial charge in [0.15, 0.2) is 5.78 Å². The van der Waals surface area contributed by atoms with Crippen LogP contribution in [0.2, 0.25) is 0 Å². The molecule has 0 fully saturated rings. The van der Waals surface area contributed by atoms with Crippen molar-refractivity contribution in [2.75, 3.05) is 0 Å². The molecule has 1 heteroatoms. The van der Waals surface area contributed by atoms with E-state index in [9.17, 15) is 4.79 Å². The second kappa shape index (κ2) is 5.66. The fourth-order valence-corrected chi connectivity index (χ4v) is 2.03. The topological polar surface area (TPSA) is 17.1 Å². The van der Waals surface area contributed by atoms with Gasteiger partial charge < -0.3 is 0 Å². The molecule has 0 bridgehead atoms. The number of benzene rings is 2. The van der Waals surface area contributed by atoms with Crippen LogP contribution in [0, 0.1) is 20.8 Å². The maximum absolute atomic E-state index is 12.1. The summed E-state index contributed by atoms with van der Waals surface area (Å²) >= 11 is 0. The third-order valence-electron chi connectivity index (χ3n) is 3.15. The standard InChI is InChI=1S/C18H18O/c1-13-4-7-16(8-5-13)9-11-18(19)17-10-6-14(2)12-15(17)3/h4-12H,1-3H3/b11-9+. The molecule has 0 N–H and O–H groups in total. The maximum atomic E-state index is 12.1. The molecule has 0 aliphatic carbocycles. The van der Waals surface area contributed by atoms with Crippen molar-refractivity contribution in [3.05, 3.63) is 76.4 Å². The number of allylic oxidation sites excluding steroid dienone is 1. The first-order valence-corrected chi connectivity index (χ1v) is 6.42. The van der Waals surface area contributed by atoms with Gasteiger partial charge >= 0.3 is 0 Å². The third-order valence-corrected chi connectivity index (χ3v) is 3.15. The molecule has 0 heterocycles. The van der Waals surface area contributed by atoms with Crippen molar-refractivity contribution in [1.29, 1.82) is 0 Å². The molecule has 2 aromatic carbocycles. The summed E-state index contributed by atoms with van der Waals surface area (Å²) in [5.74, 6) is 0.0538. The molecule has 0 aliphatic heterocycles. The lowest BCUT2D eigenvalue weighted by Crippen LogP contribution is -1.97. The van der Waals surface area contributed by atoms with E-state index in [0.29, 0.717) is 0 Å². The molecule has 0 saturated carbocycles. The SMILES string of the molecule is Cc1ccc(/C=C/C(=O)c2ccc(C)cc2C)cc1. The zero-order valence-corrected chi connectivity index (χ0v) is 11.6. The van der Waals surface area contributed by atoms with Crippen LogP contribution in [0.15, 0.2) is 48.5 Å². The van der Waals surface area contributed by atoms with Crippen molar-refractivity contribution >= 4 is 11.9 Å². The van der Waals surface area contributed by atoms with Gasteiger partial charge in [0.25, 0.3) is 0 Å². The summed E-state index contributed by atoms with van der Waals surface area (Å²) in [6.07, 6.45) is 3.50. The molecule has 19 heavy (non-hydrogen) atoms. The van der Waals surface area contributed by atoms with Gasteiger partial charge in [-0.3, -0.25) is 4.79 Å². The Bertz CT molecular complexity index is 619. The van der Waals surface area contributed by atoms with Crippen LogP contribution in [-0.4, -0.2) is 5.78 Å². The molecular formula is C18H18O. The summed E-state index contributed by atoms with van der Waals surface area (Å²) in [6, 6.07) is 14.0. The Morgan fingerprint density at radius 2 is 1.53 bits per heavy atom. The fourth-order valence-electron chi connectivity index (χ4n) is 2.03. The van der Waals surface area contributed by atoms with Gasteiger partial charge in [0.1, 0.15) is 0 Å². The average Bonchev–Trinajstić information content (AvgIpc) is 2.37. The van der Waals surface area contributed by atoms with Crippen molar-refractivity contribution in [2.24, 2.45) is 0 Å². The van der Waals surface area contributed by atoms with E-state index in [1.807, 2.05) is 69.3 Å². The molecule has 0 aromatic heterocycles. The third kappa shape index (κ3) is 3.41. The average molecular weight is 250 g/mol. The summed E-state index contributed by atoms with van der Waals surface area (Å²) in [5, 5.41) is 0. The number of carbonyl (C=O) groups excluding carboxylic acids is 1. The van der Waals surface area contributed by atoms with E-state index in [1.54, 1.807) is 6.08 Å². The van der Waals surface area contributed by atoms with Crippen molar-refractivity contribution in [3.63, 3.8) is 0 Å². The van der Waals surface area contributed by atoms with Crippen molar-refractivity contribution in [2.45, 2.75) is 20.8 Å². The summed E-state index contributed by atoms with van der Waals surface area (Å²) in [7, 11) is 0. The Morgan fingerprint density at radius 3 is 2.16 bits per heavy atom. The van der Waals surface area contributed by atoms with Crippen molar-refractivity contribution < 1.29 is 4.79 Å². The molecule has 0 aliphatic rings. The summed E-state index contributed by atoms with van der Waals surface area (Å²) < 4.78 is 0. The Morgan fingerprint density at radius 1 is 0.895 bits per heavy atom. The molecule has 96 valence electrons. The number of rotatable bonds is 3. The van der Waals surface area contributed by atoms with Gasteiger partial charge in [0, 0.05) is 5.56 Å². The number of ketones is 1. The normalized spacial score (nSPS) is 10.9. The first-order valence-electron chi connectivity index (χ1n) is 6.42. The second-order valence-corrected chi connectivity index (χ2v) is 4.93. The van der Waals surface area contributed by atoms with E-state index in [1.165, 1.54) is 11.1 Å². The van der Waals surface area contributed by atoms with Gasteiger partial charge in [-0.15, -0.1) is 0 Å². The zero-order chi connectivity index (χ0) is 13.8. The molecule has 1 nitrogen and oxygen atoms in total. The zero-order valence-electron chi connectivity index (χ0n) is 11.6. The van der Waals surface area contributed by atoms with Crippen LogP contribution in [0.5, 0.6) is 0 Å². The predicted molar refractivity (Wildman–Crippen MR) is 80.5 cm³/mol. The highest BCUT2D eigenvalue weighted by molar-refractivity contribution is 6.07. The minimum atomic E-state index is 0.0538. The maximum Gasteiger partial charge on any atom is 0.186 e. The molecule has 0 atom stereocenters. The summed E-state index contributed by atoms with van der Waals surface area (Å²) in [6.45, 7) is 6.05. The van der Waals surface area contributed by atoms with Gasteiger partial charge in [-0.25, -0.2) is 0 Å². The van der Waals surface area contributed by atoms with Gasteiger partial charge in [-0.2, -0.15) is 0 Å². The van der Waals surface area contributed by atoms with Gasteiger partial charge in [-0.1, -0.05) is 59.7 Å². The van der Waals surface area contributed by atoms with Gasteiger partial charge in [0.2, 0.25) is 0 Å². The van der Waals surface area contributed by atoms with Crippen LogP contribution in [0.1, 0.15) is 32.6 Å². The Balaban J connectivity index is 2.18. The van der Waals surface area contributed by atoms with Crippen LogP contribution in [0.4, 0.5) is 0 Å². The van der Waals surface area contributed by atoms with E-state index in [2.05, 4.69) is 0 Å². The highest BCUT2D eigenvalue weighted by Gasteiger charge is 2.05. The minimum absolute atomic E-state index is 0.0538. The second-order valence-electron chi connectivity index (χ2n) is 4.93. The first-order chi connectivity index (χ1) is 9.06. The van der Waals surface area contributed by atoms with Crippen LogP contribution in [-0.2, 0) is 0 Å². The van der Waals surface area contributed by atoms with Crippen LogP contribution in [0.3, 0.4) is 0 Å². The molecule has 0 spiro atoms. The molecular weight excluding hydrogens is 232 g/mol. The van der Waals surface area contributed by atoms with Crippen molar-refractivity contribution in [3.8, 4) is 0 Å². The smallest absolute Gasteiger partial charge is 0.186 e. The molecule has 2 rings (SSSR count). The predicted octanol–water partition coefficient (Wildman–Crippen LogP) is 4.51. The minimum Gasteiger partial charge on any atom is -0.289 e. The fraction of sp³-hybridized carbons (Fsp3) is 0.167. The van der Waals surface area contributed by atoms with Crippen LogP contribution in [0.25, 0.3) is 6.08 Å². The van der Waals surface area contributed by atoms with E-state index in [4.69, 9.17) is 0 Å². The molecule has 0 unspecified atom stereocenters. The Labute approximate surface area is 114 Å². The Hall–Kier alpha value is -2.15. The quantitative estimate of drug-likeness (QED) is 0.578. The molecule has 2 aromatic rings. The highest BCUT2D eigenvalue weighted by atomic mass is 16.1. The summed E-state index contributed by atoms with van der Waals surface area (Å²) in [5.41, 5.74) is 5.24. The van der Waals surface area contributed by atoms with E-state index in [0.717, 1.165) is 16.7 Å². The van der Waals surface area contributed by atoms with Crippen LogP contribution < -0.4 is 0 Å². The molecule has 0 saturated heterocycles. The van der Waals surface area contributed by atoms with Crippen molar-refractivity contribution in [1.82, 2.24) is 0 Å². The Kier molecular flexibility index (Phi) is 3.96. The number of aryl methyl sites for hydroxylation is 3. The number of hydrogen-bond donors (Lipinski definition) is 0. The largest absolute Gasteiger partial charge is 0.289 e. The molecule has 0 radical (unpaired) electrons. The van der Waals surface area contributed by atoms with Crippen LogP contribution >= 0.6 is 0 Å². The van der Waals surface area contributed by atoms with Gasteiger partial charge in [0.05, 0.1) is 0 Å². The highest BCUT2D eigenvalue weighted by Crippen LogP contribution is 2.13. The number of carbonyl (C=O) groups is 1. The first kappa shape index (κ1) is 13.3. The van der Waals surface area contributed by atoms with E-state index in [-0.39, 0.29) is 5.78 Å². The lowest BCUT2D eigenvalue weighted by Gasteiger charge is -2.03. The number of hydrogen-bond acceptors (Lipinski definition) is 1. The molecule has 0 amide bonds. The summed E-state index contributed by atoms with van der Waals surface area (Å²) in [4.78, 5) is 12.1. The van der Waals surface area contributed by atoms with E-state index >= 15 is 0 Å². The monoisotopic (exact) mass is 250 g/mol. The van der Waals surface area contributed by atoms with Gasteiger partial charge in [-0.05, 0) is 38.0 Å². The lowest BCUT2D eigenvalue weighted by molar-refractivity contribution is 0.104.